The Balaban J connectivity index is 3.02. The van der Waals surface area contributed by atoms with Crippen LogP contribution in [-0.4, -0.2) is 15.3 Å². The number of aromatic amines is 1. The van der Waals surface area contributed by atoms with Gasteiger partial charge in [-0.3, -0.25) is 14.3 Å². The first-order valence-corrected chi connectivity index (χ1v) is 4.76. The van der Waals surface area contributed by atoms with Crippen molar-refractivity contribution in [1.82, 2.24) is 9.55 Å². The molecule has 1 aromatic rings. The number of hydrogen-bond acceptors (Lipinski definition) is 3. The minimum atomic E-state index is -0.547. The highest BCUT2D eigenvalue weighted by Gasteiger charge is 2.00. The van der Waals surface area contributed by atoms with Crippen LogP contribution in [0.1, 0.15) is 6.42 Å². The lowest BCUT2D eigenvalue weighted by atomic mass is 10.4. The topological polar surface area (TPSA) is 54.9 Å². The summed E-state index contributed by atoms with van der Waals surface area (Å²) in [6.45, 7) is 0.513. The maximum absolute atomic E-state index is 11.1. The van der Waals surface area contributed by atoms with E-state index < -0.39 is 11.2 Å². The van der Waals surface area contributed by atoms with Gasteiger partial charge in [0, 0.05) is 12.7 Å². The molecule has 4 nitrogen and oxygen atoms in total. The van der Waals surface area contributed by atoms with E-state index >= 15 is 0 Å². The predicted molar refractivity (Wildman–Crippen MR) is 54.8 cm³/mol. The molecule has 0 radical (unpaired) electrons. The van der Waals surface area contributed by atoms with Gasteiger partial charge in [-0.15, -0.1) is 0 Å². The van der Waals surface area contributed by atoms with Crippen molar-refractivity contribution in [3.8, 4) is 0 Å². The van der Waals surface area contributed by atoms with Gasteiger partial charge in [-0.25, -0.2) is 4.79 Å². The average molecular weight is 221 g/mol. The van der Waals surface area contributed by atoms with Crippen LogP contribution >= 0.6 is 24.2 Å². The van der Waals surface area contributed by atoms with Crippen LogP contribution < -0.4 is 11.2 Å². The zero-order valence-electron chi connectivity index (χ0n) is 6.79. The molecule has 0 spiro atoms. The van der Waals surface area contributed by atoms with Crippen molar-refractivity contribution in [2.45, 2.75) is 13.0 Å². The second-order valence-electron chi connectivity index (χ2n) is 2.51. The molecule has 6 heteroatoms. The number of rotatable bonds is 3. The summed E-state index contributed by atoms with van der Waals surface area (Å²) < 4.78 is 1.36. The van der Waals surface area contributed by atoms with E-state index in [-0.39, 0.29) is 5.02 Å². The highest BCUT2D eigenvalue weighted by atomic mass is 35.5. The van der Waals surface area contributed by atoms with E-state index in [1.165, 1.54) is 10.8 Å². The summed E-state index contributed by atoms with van der Waals surface area (Å²) in [5, 5.41) is 0.0266. The van der Waals surface area contributed by atoms with Crippen molar-refractivity contribution in [2.75, 3.05) is 5.75 Å². The summed E-state index contributed by atoms with van der Waals surface area (Å²) >= 11 is 9.55. The fourth-order valence-corrected chi connectivity index (χ4v) is 1.20. The fourth-order valence-electron chi connectivity index (χ4n) is 0.890. The minimum Gasteiger partial charge on any atom is -0.299 e. The molecule has 13 heavy (non-hydrogen) atoms. The van der Waals surface area contributed by atoms with Crippen LogP contribution in [0.25, 0.3) is 0 Å². The molecule has 0 aliphatic heterocycles. The molecule has 0 amide bonds. The Hall–Kier alpha value is -0.680. The van der Waals surface area contributed by atoms with E-state index in [0.717, 1.165) is 6.42 Å². The molecule has 0 saturated heterocycles. The molecule has 0 saturated carbocycles. The van der Waals surface area contributed by atoms with Crippen LogP contribution in [0.3, 0.4) is 0 Å². The Morgan fingerprint density at radius 2 is 2.23 bits per heavy atom. The zero-order chi connectivity index (χ0) is 9.84. The molecule has 1 aromatic heterocycles. The Kier molecular flexibility index (Phi) is 3.62. The SMILES string of the molecule is O=c1[nH]c(=O)n(CCCS)cc1Cl. The lowest BCUT2D eigenvalue weighted by Crippen LogP contribution is -2.29. The second-order valence-corrected chi connectivity index (χ2v) is 3.36. The second kappa shape index (κ2) is 4.53. The Morgan fingerprint density at radius 1 is 1.54 bits per heavy atom. The Morgan fingerprint density at radius 3 is 2.85 bits per heavy atom. The third kappa shape index (κ3) is 2.63. The average Bonchev–Trinajstić information content (AvgIpc) is 2.09. The van der Waals surface area contributed by atoms with Crippen molar-refractivity contribution in [1.29, 1.82) is 0 Å². The first-order chi connectivity index (χ1) is 6.15. The smallest absolute Gasteiger partial charge is 0.299 e. The van der Waals surface area contributed by atoms with Crippen molar-refractivity contribution < 1.29 is 0 Å². The largest absolute Gasteiger partial charge is 0.328 e. The molecule has 1 N–H and O–H groups in total. The molecule has 72 valence electrons. The van der Waals surface area contributed by atoms with Crippen molar-refractivity contribution >= 4 is 24.2 Å². The number of aromatic nitrogens is 2. The maximum Gasteiger partial charge on any atom is 0.328 e. The highest BCUT2D eigenvalue weighted by molar-refractivity contribution is 7.80. The monoisotopic (exact) mass is 220 g/mol. The summed E-state index contributed by atoms with van der Waals surface area (Å²) in [6.07, 6.45) is 2.09. The van der Waals surface area contributed by atoms with Gasteiger partial charge < -0.3 is 0 Å². The molecule has 0 aliphatic carbocycles. The lowest BCUT2D eigenvalue weighted by Gasteiger charge is -2.02. The lowest BCUT2D eigenvalue weighted by molar-refractivity contribution is 0.636. The molecule has 0 aliphatic rings. The van der Waals surface area contributed by atoms with Crippen LogP contribution in [0, 0.1) is 0 Å². The van der Waals surface area contributed by atoms with Gasteiger partial charge in [0.05, 0.1) is 0 Å². The van der Waals surface area contributed by atoms with Crippen LogP contribution in [0.4, 0.5) is 0 Å². The van der Waals surface area contributed by atoms with Crippen LogP contribution in [0.15, 0.2) is 15.8 Å². The van der Waals surface area contributed by atoms with Crippen molar-refractivity contribution in [3.05, 3.63) is 32.1 Å². The minimum absolute atomic E-state index is 0.0266. The first kappa shape index (κ1) is 10.4. The molecule has 0 bridgehead atoms. The third-order valence-electron chi connectivity index (χ3n) is 1.52. The van der Waals surface area contributed by atoms with E-state index in [1.807, 2.05) is 0 Å². The van der Waals surface area contributed by atoms with Gasteiger partial charge in [-0.1, -0.05) is 11.6 Å². The van der Waals surface area contributed by atoms with Crippen LogP contribution in [-0.2, 0) is 6.54 Å². The van der Waals surface area contributed by atoms with Crippen LogP contribution in [0.5, 0.6) is 0 Å². The Labute approximate surface area is 85.0 Å². The summed E-state index contributed by atoms with van der Waals surface area (Å²) in [7, 11) is 0. The molecule has 0 atom stereocenters. The van der Waals surface area contributed by atoms with Gasteiger partial charge in [-0.2, -0.15) is 12.6 Å². The molecule has 0 fully saturated rings. The van der Waals surface area contributed by atoms with Crippen molar-refractivity contribution in [2.24, 2.45) is 0 Å². The first-order valence-electron chi connectivity index (χ1n) is 3.75. The Bertz CT molecular complexity index is 398. The van der Waals surface area contributed by atoms with E-state index in [0.29, 0.717) is 12.3 Å². The van der Waals surface area contributed by atoms with Gasteiger partial charge in [0.2, 0.25) is 0 Å². The van der Waals surface area contributed by atoms with Gasteiger partial charge in [0.15, 0.2) is 0 Å². The number of nitrogens with zero attached hydrogens (tertiary/aromatic N) is 1. The molecule has 1 heterocycles. The quantitative estimate of drug-likeness (QED) is 0.730. The number of hydrogen-bond donors (Lipinski definition) is 2. The third-order valence-corrected chi connectivity index (χ3v) is 2.11. The maximum atomic E-state index is 11.1. The summed E-state index contributed by atoms with van der Waals surface area (Å²) in [4.78, 5) is 24.1. The number of aryl methyl sites for hydroxylation is 1. The van der Waals surface area contributed by atoms with E-state index in [2.05, 4.69) is 17.6 Å². The zero-order valence-corrected chi connectivity index (χ0v) is 8.44. The van der Waals surface area contributed by atoms with Gasteiger partial charge >= 0.3 is 5.69 Å². The highest BCUT2D eigenvalue weighted by Crippen LogP contribution is 1.96. The van der Waals surface area contributed by atoms with Crippen molar-refractivity contribution in [3.63, 3.8) is 0 Å². The van der Waals surface area contributed by atoms with E-state index in [1.54, 1.807) is 0 Å². The number of nitrogens with one attached hydrogen (secondary N) is 1. The normalized spacial score (nSPS) is 10.3. The molecule has 0 unspecified atom stereocenters. The predicted octanol–water partition coefficient (Wildman–Crippen LogP) is 0.510. The number of halogens is 1. The standard InChI is InChI=1S/C7H9ClN2O2S/c8-5-4-10(2-1-3-13)7(12)9-6(5)11/h4,13H,1-3H2,(H,9,11,12). The van der Waals surface area contributed by atoms with Gasteiger partial charge in [-0.05, 0) is 12.2 Å². The molecular formula is C7H9ClN2O2S. The van der Waals surface area contributed by atoms with E-state index in [9.17, 15) is 9.59 Å². The molecular weight excluding hydrogens is 212 g/mol. The van der Waals surface area contributed by atoms with Gasteiger partial charge in [0.1, 0.15) is 5.02 Å². The van der Waals surface area contributed by atoms with E-state index in [4.69, 9.17) is 11.6 Å². The van der Waals surface area contributed by atoms with Crippen LogP contribution in [0.2, 0.25) is 5.02 Å². The molecule has 1 rings (SSSR count). The fraction of sp³-hybridized carbons (Fsp3) is 0.429. The molecule has 0 aromatic carbocycles. The number of thiol groups is 1. The summed E-state index contributed by atoms with van der Waals surface area (Å²) in [6, 6.07) is 0. The van der Waals surface area contributed by atoms with Gasteiger partial charge in [0.25, 0.3) is 5.56 Å². The summed E-state index contributed by atoms with van der Waals surface area (Å²) in [5.74, 6) is 0.684. The number of H-pyrrole nitrogens is 1. The summed E-state index contributed by atoms with van der Waals surface area (Å²) in [5.41, 5.74) is -0.982.